The third-order valence-corrected chi connectivity index (χ3v) is 7.82. The smallest absolute Gasteiger partial charge is 0.352 e. The Morgan fingerprint density at radius 3 is 2.83 bits per heavy atom. The monoisotopic (exact) mass is 540 g/mol. The van der Waals surface area contributed by atoms with Crippen LogP contribution in [0.1, 0.15) is 25.7 Å². The number of nitrogens with one attached hydrogen (secondary N) is 1. The summed E-state index contributed by atoms with van der Waals surface area (Å²) in [4.78, 5) is 47.6. The molecule has 4 N–H and O–H groups in total. The zero-order chi connectivity index (χ0) is 25.3. The number of hydrogen-bond donors (Lipinski definition) is 3. The van der Waals surface area contributed by atoms with Gasteiger partial charge in [0.05, 0.1) is 6.04 Å². The quantitative estimate of drug-likeness (QED) is 0.160. The van der Waals surface area contributed by atoms with Gasteiger partial charge < -0.3 is 21.0 Å². The molecule has 2 aromatic heterocycles. The lowest BCUT2D eigenvalue weighted by molar-refractivity contribution is -0.150. The van der Waals surface area contributed by atoms with Crippen molar-refractivity contribution >= 4 is 63.7 Å². The number of anilines is 1. The first-order chi connectivity index (χ1) is 16.7. The Labute approximate surface area is 210 Å². The molecule has 4 rings (SSSR count). The maximum atomic E-state index is 12.9. The summed E-state index contributed by atoms with van der Waals surface area (Å²) in [6, 6.07) is -0.920. The minimum Gasteiger partial charge on any atom is -0.477 e. The second-order valence-electron chi connectivity index (χ2n) is 7.49. The highest BCUT2D eigenvalue weighted by Crippen LogP contribution is 2.41. The molecule has 2 aliphatic heterocycles. The van der Waals surface area contributed by atoms with Crippen LogP contribution in [0.2, 0.25) is 0 Å². The number of nitrogen functional groups attached to an aromatic ring is 1. The van der Waals surface area contributed by atoms with Gasteiger partial charge in [-0.1, -0.05) is 16.9 Å². The number of carboxylic acid groups (broad SMARTS) is 1. The van der Waals surface area contributed by atoms with Crippen LogP contribution in [0.25, 0.3) is 0 Å². The van der Waals surface area contributed by atoms with Gasteiger partial charge >= 0.3 is 5.97 Å². The van der Waals surface area contributed by atoms with Gasteiger partial charge in [-0.05, 0) is 29.8 Å². The Morgan fingerprint density at radius 1 is 1.43 bits per heavy atom. The van der Waals surface area contributed by atoms with Crippen LogP contribution in [0.4, 0.5) is 5.13 Å². The summed E-state index contributed by atoms with van der Waals surface area (Å²) >= 11 is 3.51. The third kappa shape index (κ3) is 4.80. The highest BCUT2D eigenvalue weighted by molar-refractivity contribution is 8.01. The van der Waals surface area contributed by atoms with Crippen LogP contribution in [0.15, 0.2) is 21.6 Å². The predicted molar refractivity (Wildman–Crippen MR) is 126 cm³/mol. The molecule has 1 fully saturated rings. The van der Waals surface area contributed by atoms with Gasteiger partial charge in [0, 0.05) is 23.0 Å². The molecule has 15 nitrogen and oxygen atoms in total. The number of amides is 2. The first-order valence-corrected chi connectivity index (χ1v) is 12.9. The molecule has 2 atom stereocenters. The van der Waals surface area contributed by atoms with Crippen LogP contribution >= 0.6 is 35.1 Å². The second kappa shape index (κ2) is 10.2. The molecule has 1 saturated heterocycles. The van der Waals surface area contributed by atoms with E-state index in [2.05, 4.69) is 35.4 Å². The first-order valence-electron chi connectivity index (χ1n) is 10.0. The Bertz CT molecular complexity index is 1220. The number of thioether (sulfide) groups is 2. The van der Waals surface area contributed by atoms with Gasteiger partial charge in [0.25, 0.3) is 11.8 Å². The van der Waals surface area contributed by atoms with Crippen molar-refractivity contribution in [3.63, 3.8) is 0 Å². The SMILES string of the molecule is CON=C(C(=O)NC1C(=O)N2C(C(=O)O)=C(CSc3nnnn3C(C)C)CS[C@@H]12)c1nsc(N)n1. The minimum atomic E-state index is -1.23. The summed E-state index contributed by atoms with van der Waals surface area (Å²) in [6.07, 6.45) is 0. The lowest BCUT2D eigenvalue weighted by Crippen LogP contribution is -2.71. The molecule has 0 radical (unpaired) electrons. The Morgan fingerprint density at radius 2 is 2.20 bits per heavy atom. The highest BCUT2D eigenvalue weighted by atomic mass is 32.2. The fraction of sp³-hybridized carbons (Fsp3) is 0.471. The fourth-order valence-corrected chi connectivity index (χ4v) is 6.29. The van der Waals surface area contributed by atoms with E-state index in [1.807, 2.05) is 13.8 Å². The van der Waals surface area contributed by atoms with E-state index in [9.17, 15) is 19.5 Å². The predicted octanol–water partition coefficient (Wildman–Crippen LogP) is -0.431. The van der Waals surface area contributed by atoms with E-state index in [1.165, 1.54) is 35.5 Å². The summed E-state index contributed by atoms with van der Waals surface area (Å²) in [5.41, 5.74) is 5.79. The van der Waals surface area contributed by atoms with Gasteiger partial charge in [0.15, 0.2) is 5.13 Å². The molecule has 2 amide bonds. The number of nitrogens with zero attached hydrogens (tertiary/aromatic N) is 8. The number of hydrogen-bond acceptors (Lipinski definition) is 14. The lowest BCUT2D eigenvalue weighted by atomic mass is 10.0. The molecule has 0 aromatic carbocycles. The van der Waals surface area contributed by atoms with Crippen molar-refractivity contribution in [2.45, 2.75) is 36.5 Å². The molecule has 4 heterocycles. The number of carboxylic acids is 1. The van der Waals surface area contributed by atoms with Crippen LogP contribution in [0.5, 0.6) is 0 Å². The number of β-lactam (4-membered cyclic amide) rings is 1. The van der Waals surface area contributed by atoms with Crippen molar-refractivity contribution in [1.82, 2.24) is 39.8 Å². The van der Waals surface area contributed by atoms with Crippen LogP contribution in [-0.2, 0) is 19.2 Å². The number of carbonyl (C=O) groups excluding carboxylic acids is 2. The molecular formula is C17H20N10O5S3. The molecule has 186 valence electrons. The fourth-order valence-electron chi connectivity index (χ4n) is 3.37. The number of aromatic nitrogens is 6. The van der Waals surface area contributed by atoms with Gasteiger partial charge in [-0.3, -0.25) is 14.5 Å². The zero-order valence-electron chi connectivity index (χ0n) is 18.6. The van der Waals surface area contributed by atoms with Crippen molar-refractivity contribution in [3.8, 4) is 0 Å². The summed E-state index contributed by atoms with van der Waals surface area (Å²) in [5.74, 6) is -1.92. The van der Waals surface area contributed by atoms with Crippen LogP contribution in [0, 0.1) is 0 Å². The van der Waals surface area contributed by atoms with E-state index in [1.54, 1.807) is 4.68 Å². The molecule has 0 bridgehead atoms. The molecule has 0 spiro atoms. The summed E-state index contributed by atoms with van der Waals surface area (Å²) in [5, 5.41) is 27.7. The van der Waals surface area contributed by atoms with Gasteiger partial charge in [0.2, 0.25) is 16.7 Å². The van der Waals surface area contributed by atoms with E-state index in [-0.39, 0.29) is 34.2 Å². The van der Waals surface area contributed by atoms with E-state index in [4.69, 9.17) is 10.6 Å². The van der Waals surface area contributed by atoms with Gasteiger partial charge in [0.1, 0.15) is 24.2 Å². The number of aliphatic carboxylic acids is 1. The van der Waals surface area contributed by atoms with E-state index < -0.39 is 29.2 Å². The lowest BCUT2D eigenvalue weighted by Gasteiger charge is -2.49. The maximum Gasteiger partial charge on any atom is 0.352 e. The molecule has 2 aromatic rings. The Balaban J connectivity index is 1.49. The van der Waals surface area contributed by atoms with Gasteiger partial charge in [-0.25, -0.2) is 9.48 Å². The topological polar surface area (TPSA) is 204 Å². The van der Waals surface area contributed by atoms with Crippen molar-refractivity contribution in [2.24, 2.45) is 5.16 Å². The number of tetrazole rings is 1. The standard InChI is InChI=1S/C17H20N10O5S3/c1-6(2)27-17(21-24-25-27)34-5-7-4-33-14-9(13(29)26(14)10(7)15(30)31)19-12(28)8(22-32-3)11-20-16(18)35-23-11/h6,9,14H,4-5H2,1-3H3,(H,19,28)(H,30,31)(H2,18,20,23)/t9?,14-/m0/s1. The normalized spacial score (nSPS) is 20.1. The molecule has 0 saturated carbocycles. The molecule has 0 aliphatic carbocycles. The molecule has 35 heavy (non-hydrogen) atoms. The van der Waals surface area contributed by atoms with Crippen molar-refractivity contribution in [2.75, 3.05) is 24.3 Å². The van der Waals surface area contributed by atoms with Gasteiger partial charge in [-0.15, -0.1) is 16.9 Å². The molecule has 1 unspecified atom stereocenters. The van der Waals surface area contributed by atoms with Crippen LogP contribution < -0.4 is 11.1 Å². The molecule has 2 aliphatic rings. The van der Waals surface area contributed by atoms with Crippen molar-refractivity contribution in [3.05, 3.63) is 17.1 Å². The molecule has 18 heteroatoms. The number of nitrogens with two attached hydrogens (primary N) is 1. The summed E-state index contributed by atoms with van der Waals surface area (Å²) in [6.45, 7) is 3.86. The van der Waals surface area contributed by atoms with Crippen molar-refractivity contribution < 1.29 is 24.3 Å². The second-order valence-corrected chi connectivity index (χ2v) is 10.3. The van der Waals surface area contributed by atoms with E-state index >= 15 is 0 Å². The molecular weight excluding hydrogens is 520 g/mol. The van der Waals surface area contributed by atoms with Crippen LogP contribution in [0.3, 0.4) is 0 Å². The zero-order valence-corrected chi connectivity index (χ0v) is 21.1. The van der Waals surface area contributed by atoms with E-state index in [0.717, 1.165) is 11.5 Å². The van der Waals surface area contributed by atoms with Crippen molar-refractivity contribution in [1.29, 1.82) is 0 Å². The number of fused-ring (bicyclic) bond motifs is 1. The van der Waals surface area contributed by atoms with Gasteiger partial charge in [-0.2, -0.15) is 9.36 Å². The number of oxime groups is 1. The average molecular weight is 541 g/mol. The highest BCUT2D eigenvalue weighted by Gasteiger charge is 2.54. The third-order valence-electron chi connectivity index (χ3n) is 4.91. The first kappa shape index (κ1) is 24.9. The Kier molecular flexibility index (Phi) is 7.22. The minimum absolute atomic E-state index is 0.0364. The van der Waals surface area contributed by atoms with E-state index in [0.29, 0.717) is 16.5 Å². The summed E-state index contributed by atoms with van der Waals surface area (Å²) < 4.78 is 5.57. The largest absolute Gasteiger partial charge is 0.477 e. The Hall–Kier alpha value is -3.25. The number of rotatable bonds is 9. The van der Waals surface area contributed by atoms with Crippen LogP contribution in [-0.4, -0.2) is 93.1 Å². The average Bonchev–Trinajstić information content (AvgIpc) is 3.47. The maximum absolute atomic E-state index is 12.9. The number of carbonyl (C=O) groups is 3. The summed E-state index contributed by atoms with van der Waals surface area (Å²) in [7, 11) is 1.25.